The van der Waals surface area contributed by atoms with Gasteiger partial charge >= 0.3 is 0 Å². The number of benzene rings is 1. The van der Waals surface area contributed by atoms with Crippen LogP contribution in [0.5, 0.6) is 0 Å². The Morgan fingerprint density at radius 3 is 2.50 bits per heavy atom. The second-order valence-electron chi connectivity index (χ2n) is 6.11. The number of hydrogen-bond donors (Lipinski definition) is 0. The minimum Gasteiger partial charge on any atom is -0.306 e. The average molecular weight is 430 g/mol. The van der Waals surface area contributed by atoms with E-state index < -0.39 is 0 Å². The van der Waals surface area contributed by atoms with Gasteiger partial charge in [0.15, 0.2) is 0 Å². The molecule has 0 bridgehead atoms. The topological polar surface area (TPSA) is 46.1 Å². The number of anilines is 1. The predicted octanol–water partition coefficient (Wildman–Crippen LogP) is 5.55. The third-order valence-electron chi connectivity index (χ3n) is 4.04. The van der Waals surface area contributed by atoms with Crippen LogP contribution in [0, 0.1) is 12.7 Å². The SMILES string of the molecule is Cc1nc(CN(C(=O)Cc2csc(-c3cccs3)n2)c2ccc(F)cc2)cs1. The van der Waals surface area contributed by atoms with Gasteiger partial charge in [-0.1, -0.05) is 6.07 Å². The molecule has 0 atom stereocenters. The molecule has 8 heteroatoms. The summed E-state index contributed by atoms with van der Waals surface area (Å²) in [6, 6.07) is 9.96. The fourth-order valence-corrected chi connectivity index (χ4v) is 4.98. The Bertz CT molecular complexity index is 1070. The molecule has 3 aromatic heterocycles. The standard InChI is InChI=1S/C20H16FN3OS3/c1-13-22-16(12-27-13)10-24(17-6-4-14(21)5-7-17)19(25)9-15-11-28-20(23-15)18-3-2-8-26-18/h2-8,11-12H,9-10H2,1H3. The Kier molecular flexibility index (Phi) is 5.61. The molecule has 3 heterocycles. The number of halogens is 1. The Morgan fingerprint density at radius 1 is 1.04 bits per heavy atom. The van der Waals surface area contributed by atoms with Gasteiger partial charge in [-0.15, -0.1) is 34.0 Å². The summed E-state index contributed by atoms with van der Waals surface area (Å²) in [6.45, 7) is 2.27. The largest absolute Gasteiger partial charge is 0.306 e. The first-order chi connectivity index (χ1) is 13.6. The summed E-state index contributed by atoms with van der Waals surface area (Å²) in [5.41, 5.74) is 2.20. The van der Waals surface area contributed by atoms with Crippen LogP contribution in [0.3, 0.4) is 0 Å². The molecular weight excluding hydrogens is 413 g/mol. The molecule has 1 amide bonds. The molecular formula is C20H16FN3OS3. The van der Waals surface area contributed by atoms with Crippen LogP contribution in [0.2, 0.25) is 0 Å². The molecule has 0 spiro atoms. The van der Waals surface area contributed by atoms with Crippen LogP contribution in [0.25, 0.3) is 9.88 Å². The van der Waals surface area contributed by atoms with Crippen LogP contribution in [0.15, 0.2) is 52.5 Å². The monoisotopic (exact) mass is 429 g/mol. The number of nitrogens with zero attached hydrogens (tertiary/aromatic N) is 3. The number of aromatic nitrogens is 2. The van der Waals surface area contributed by atoms with Gasteiger partial charge in [0.05, 0.1) is 34.2 Å². The smallest absolute Gasteiger partial charge is 0.233 e. The van der Waals surface area contributed by atoms with Gasteiger partial charge in [0.25, 0.3) is 0 Å². The summed E-state index contributed by atoms with van der Waals surface area (Å²) in [4.78, 5) is 24.9. The molecule has 4 rings (SSSR count). The maximum atomic E-state index is 13.3. The van der Waals surface area contributed by atoms with Crippen molar-refractivity contribution in [2.75, 3.05) is 4.90 Å². The molecule has 4 nitrogen and oxygen atoms in total. The van der Waals surface area contributed by atoms with E-state index in [2.05, 4.69) is 9.97 Å². The van der Waals surface area contributed by atoms with E-state index in [4.69, 9.17) is 0 Å². The number of hydrogen-bond acceptors (Lipinski definition) is 6. The highest BCUT2D eigenvalue weighted by Crippen LogP contribution is 2.28. The van der Waals surface area contributed by atoms with Crippen molar-refractivity contribution in [2.24, 2.45) is 0 Å². The molecule has 0 saturated carbocycles. The van der Waals surface area contributed by atoms with E-state index in [1.165, 1.54) is 23.5 Å². The lowest BCUT2D eigenvalue weighted by atomic mass is 10.2. The predicted molar refractivity (Wildman–Crippen MR) is 114 cm³/mol. The van der Waals surface area contributed by atoms with Gasteiger partial charge in [0.2, 0.25) is 5.91 Å². The summed E-state index contributed by atoms with van der Waals surface area (Å²) < 4.78 is 13.3. The van der Waals surface area contributed by atoms with Gasteiger partial charge < -0.3 is 4.90 Å². The van der Waals surface area contributed by atoms with E-state index in [0.29, 0.717) is 12.2 Å². The van der Waals surface area contributed by atoms with Crippen molar-refractivity contribution in [3.63, 3.8) is 0 Å². The van der Waals surface area contributed by atoms with Crippen LogP contribution in [-0.4, -0.2) is 15.9 Å². The zero-order valence-electron chi connectivity index (χ0n) is 15.0. The molecule has 28 heavy (non-hydrogen) atoms. The van der Waals surface area contributed by atoms with Gasteiger partial charge in [0.1, 0.15) is 10.8 Å². The minimum atomic E-state index is -0.333. The van der Waals surface area contributed by atoms with E-state index in [1.807, 2.05) is 35.2 Å². The lowest BCUT2D eigenvalue weighted by molar-refractivity contribution is -0.118. The second kappa shape index (κ2) is 8.30. The van der Waals surface area contributed by atoms with Crippen molar-refractivity contribution >= 4 is 45.6 Å². The van der Waals surface area contributed by atoms with Crippen LogP contribution in [-0.2, 0) is 17.8 Å². The van der Waals surface area contributed by atoms with Crippen LogP contribution < -0.4 is 4.90 Å². The number of aryl methyl sites for hydroxylation is 1. The molecule has 0 saturated heterocycles. The molecule has 0 N–H and O–H groups in total. The quantitative estimate of drug-likeness (QED) is 0.404. The van der Waals surface area contributed by atoms with E-state index in [1.54, 1.807) is 39.7 Å². The number of rotatable bonds is 6. The third kappa shape index (κ3) is 4.35. The van der Waals surface area contributed by atoms with Gasteiger partial charge in [-0.25, -0.2) is 14.4 Å². The van der Waals surface area contributed by atoms with Crippen molar-refractivity contribution in [3.05, 3.63) is 74.8 Å². The Labute approximate surface area is 174 Å². The number of thiophene rings is 1. The third-order valence-corrected chi connectivity index (χ3v) is 6.79. The van der Waals surface area contributed by atoms with E-state index in [9.17, 15) is 9.18 Å². The number of carbonyl (C=O) groups is 1. The highest BCUT2D eigenvalue weighted by Gasteiger charge is 2.20. The summed E-state index contributed by atoms with van der Waals surface area (Å²) in [5, 5.41) is 7.73. The normalized spacial score (nSPS) is 10.9. The summed E-state index contributed by atoms with van der Waals surface area (Å²) >= 11 is 4.70. The molecule has 0 aliphatic rings. The number of carbonyl (C=O) groups excluding carboxylic acids is 1. The van der Waals surface area contributed by atoms with E-state index >= 15 is 0 Å². The molecule has 0 radical (unpaired) electrons. The Balaban J connectivity index is 1.56. The zero-order valence-corrected chi connectivity index (χ0v) is 17.4. The van der Waals surface area contributed by atoms with Crippen molar-refractivity contribution in [1.29, 1.82) is 0 Å². The summed E-state index contributed by atoms with van der Waals surface area (Å²) in [6.07, 6.45) is 0.183. The molecule has 0 fully saturated rings. The van der Waals surface area contributed by atoms with E-state index in [0.717, 1.165) is 26.3 Å². The fourth-order valence-electron chi connectivity index (χ4n) is 2.74. The van der Waals surface area contributed by atoms with Gasteiger partial charge in [-0.3, -0.25) is 4.79 Å². The summed E-state index contributed by atoms with van der Waals surface area (Å²) in [7, 11) is 0. The number of amides is 1. The molecule has 1 aromatic carbocycles. The molecule has 4 aromatic rings. The van der Waals surface area contributed by atoms with Crippen molar-refractivity contribution in [2.45, 2.75) is 19.9 Å². The first kappa shape index (κ1) is 18.9. The van der Waals surface area contributed by atoms with Crippen molar-refractivity contribution in [3.8, 4) is 9.88 Å². The lowest BCUT2D eigenvalue weighted by Crippen LogP contribution is -2.32. The van der Waals surface area contributed by atoms with Gasteiger partial charge in [-0.05, 0) is 42.6 Å². The van der Waals surface area contributed by atoms with Crippen molar-refractivity contribution < 1.29 is 9.18 Å². The molecule has 0 unspecified atom stereocenters. The maximum Gasteiger partial charge on any atom is 0.233 e. The Hall–Kier alpha value is -2.42. The van der Waals surface area contributed by atoms with Gasteiger partial charge in [-0.2, -0.15) is 0 Å². The van der Waals surface area contributed by atoms with Crippen LogP contribution in [0.1, 0.15) is 16.4 Å². The maximum absolute atomic E-state index is 13.3. The summed E-state index contributed by atoms with van der Waals surface area (Å²) in [5.74, 6) is -0.430. The highest BCUT2D eigenvalue weighted by molar-refractivity contribution is 7.20. The molecule has 142 valence electrons. The molecule has 0 aliphatic carbocycles. The van der Waals surface area contributed by atoms with Gasteiger partial charge in [0, 0.05) is 16.4 Å². The fraction of sp³-hybridized carbons (Fsp3) is 0.150. The van der Waals surface area contributed by atoms with E-state index in [-0.39, 0.29) is 18.1 Å². The lowest BCUT2D eigenvalue weighted by Gasteiger charge is -2.22. The first-order valence-corrected chi connectivity index (χ1v) is 11.2. The highest BCUT2D eigenvalue weighted by atomic mass is 32.1. The first-order valence-electron chi connectivity index (χ1n) is 8.54. The number of thiazole rings is 2. The minimum absolute atomic E-state index is 0.0970. The van der Waals surface area contributed by atoms with Crippen molar-refractivity contribution in [1.82, 2.24) is 9.97 Å². The zero-order chi connectivity index (χ0) is 19.5. The second-order valence-corrected chi connectivity index (χ2v) is 8.98. The average Bonchev–Trinajstić information content (AvgIpc) is 3.42. The van der Waals surface area contributed by atoms with Crippen LogP contribution >= 0.6 is 34.0 Å². The molecule has 0 aliphatic heterocycles. The Morgan fingerprint density at radius 2 is 1.82 bits per heavy atom. The van der Waals surface area contributed by atoms with Crippen LogP contribution in [0.4, 0.5) is 10.1 Å².